The van der Waals surface area contributed by atoms with Gasteiger partial charge < -0.3 is 24.5 Å². The van der Waals surface area contributed by atoms with Gasteiger partial charge in [0.05, 0.1) is 6.61 Å². The van der Waals surface area contributed by atoms with Gasteiger partial charge in [0, 0.05) is 18.7 Å². The van der Waals surface area contributed by atoms with Crippen molar-refractivity contribution in [3.63, 3.8) is 0 Å². The van der Waals surface area contributed by atoms with E-state index >= 15 is 0 Å². The summed E-state index contributed by atoms with van der Waals surface area (Å²) in [6, 6.07) is 6.58. The summed E-state index contributed by atoms with van der Waals surface area (Å²) < 4.78 is 11.4. The van der Waals surface area contributed by atoms with Gasteiger partial charge in [0.2, 0.25) is 5.91 Å². The lowest BCUT2D eigenvalue weighted by molar-refractivity contribution is -0.149. The molecule has 3 rings (SSSR count). The van der Waals surface area contributed by atoms with Gasteiger partial charge in [-0.15, -0.1) is 0 Å². The third-order valence-corrected chi connectivity index (χ3v) is 7.16. The lowest BCUT2D eigenvalue weighted by atomic mass is 9.95. The van der Waals surface area contributed by atoms with Crippen LogP contribution in [-0.2, 0) is 19.1 Å². The first-order valence-electron chi connectivity index (χ1n) is 13.7. The van der Waals surface area contributed by atoms with Crippen LogP contribution in [0.15, 0.2) is 59.1 Å². The molecule has 0 spiro atoms. The molecule has 1 aliphatic carbocycles. The molecule has 3 unspecified atom stereocenters. The largest absolute Gasteiger partial charge is 0.449 e. The number of aliphatic imine (C=N–C) groups is 1. The summed E-state index contributed by atoms with van der Waals surface area (Å²) in [5.41, 5.74) is 3.72. The maximum Gasteiger partial charge on any atom is 0.407 e. The molecule has 1 N–H and O–H groups in total. The average molecular weight is 536 g/mol. The van der Waals surface area contributed by atoms with E-state index in [0.29, 0.717) is 25.7 Å². The molecule has 0 aromatic heterocycles. The topological polar surface area (TPSA) is 97.3 Å². The summed E-state index contributed by atoms with van der Waals surface area (Å²) in [5, 5.41) is 2.78. The third kappa shape index (κ3) is 7.12. The Hall–Kier alpha value is -3.52. The molecule has 0 saturated carbocycles. The summed E-state index contributed by atoms with van der Waals surface area (Å²) in [6.45, 7) is 10.3. The molecule has 0 bridgehead atoms. The lowest BCUT2D eigenvalue weighted by Crippen LogP contribution is -2.56. The Bertz CT molecular complexity index is 1150. The fourth-order valence-electron chi connectivity index (χ4n) is 5.32. The van der Waals surface area contributed by atoms with E-state index in [1.807, 2.05) is 44.2 Å². The van der Waals surface area contributed by atoms with Crippen LogP contribution in [0.4, 0.5) is 4.79 Å². The van der Waals surface area contributed by atoms with Crippen LogP contribution in [0.3, 0.4) is 0 Å². The molecule has 2 amide bonds. The Morgan fingerprint density at radius 1 is 1.26 bits per heavy atom. The number of hydrogen-bond acceptors (Lipinski definition) is 6. The van der Waals surface area contributed by atoms with Crippen LogP contribution >= 0.6 is 0 Å². The number of carbonyl (C=O) groups excluding carboxylic acids is 3. The molecule has 0 radical (unpaired) electrons. The fraction of sp³-hybridized carbons (Fsp3) is 0.484. The van der Waals surface area contributed by atoms with Crippen LogP contribution in [0.2, 0.25) is 0 Å². The highest BCUT2D eigenvalue weighted by molar-refractivity contribution is 5.88. The van der Waals surface area contributed by atoms with E-state index in [1.54, 1.807) is 20.1 Å². The number of nitrogens with zero attached hydrogens (tertiary/aromatic N) is 2. The Morgan fingerprint density at radius 3 is 2.72 bits per heavy atom. The Kier molecular flexibility index (Phi) is 10.8. The molecule has 1 heterocycles. The first-order chi connectivity index (χ1) is 18.8. The van der Waals surface area contributed by atoms with E-state index in [2.05, 4.69) is 35.4 Å². The minimum absolute atomic E-state index is 0.0522. The number of hydrogen-bond donors (Lipinski definition) is 1. The standard InChI is InChI=1S/C31H41N3O5/c1-6-9-17-32-18-12-16-28(29(36)34-22(19-35)20-39-31(34,4)5)33-30(37)38-21-27-23(8-3)24(13-7-2)25-14-10-11-15-26(25)27/h6-7,9-11,13-15,17,19,22,27-28H,8,12,16,18,20-21H2,1-5H3,(H,33,37)/b9-6-,13-7?,32-17?. The Labute approximate surface area is 231 Å². The number of alkyl carbamates (subject to hydrolysis) is 1. The molecule has 8 nitrogen and oxygen atoms in total. The number of rotatable bonds is 12. The number of carbonyl (C=O) groups is 3. The summed E-state index contributed by atoms with van der Waals surface area (Å²) >= 11 is 0. The van der Waals surface area contributed by atoms with E-state index in [0.717, 1.165) is 17.5 Å². The van der Waals surface area contributed by atoms with Crippen molar-refractivity contribution in [3.05, 3.63) is 65.3 Å². The number of amides is 2. The molecule has 1 aromatic carbocycles. The van der Waals surface area contributed by atoms with Crippen molar-refractivity contribution in [3.8, 4) is 0 Å². The van der Waals surface area contributed by atoms with Gasteiger partial charge in [0.25, 0.3) is 0 Å². The molecule has 1 fully saturated rings. The number of fused-ring (bicyclic) bond motifs is 1. The van der Waals surface area contributed by atoms with Crippen molar-refractivity contribution < 1.29 is 23.9 Å². The fourth-order valence-corrected chi connectivity index (χ4v) is 5.32. The second-order valence-electron chi connectivity index (χ2n) is 10.1. The molecule has 1 saturated heterocycles. The van der Waals surface area contributed by atoms with Gasteiger partial charge in [-0.05, 0) is 69.7 Å². The first-order valence-corrected chi connectivity index (χ1v) is 13.7. The zero-order chi connectivity index (χ0) is 28.4. The summed E-state index contributed by atoms with van der Waals surface area (Å²) in [7, 11) is 0. The van der Waals surface area contributed by atoms with Crippen LogP contribution in [0, 0.1) is 0 Å². The van der Waals surface area contributed by atoms with E-state index in [9.17, 15) is 14.4 Å². The smallest absolute Gasteiger partial charge is 0.407 e. The van der Waals surface area contributed by atoms with Crippen molar-refractivity contribution in [1.82, 2.24) is 10.2 Å². The van der Waals surface area contributed by atoms with E-state index < -0.39 is 23.9 Å². The number of nitrogens with one attached hydrogen (secondary N) is 1. The SMILES string of the molecule is CC=CC1=C(CC)C(COC(=O)NC(CCCN=C/C=C\C)C(=O)N2C(C=O)COC2(C)C)c2ccccc21. The van der Waals surface area contributed by atoms with Gasteiger partial charge in [-0.25, -0.2) is 4.79 Å². The highest BCUT2D eigenvalue weighted by atomic mass is 16.5. The minimum Gasteiger partial charge on any atom is -0.449 e. The molecule has 1 aromatic rings. The number of benzene rings is 1. The van der Waals surface area contributed by atoms with Crippen LogP contribution in [-0.4, -0.2) is 67.0 Å². The van der Waals surface area contributed by atoms with Gasteiger partial charge in [-0.1, -0.05) is 55.0 Å². The molecular weight excluding hydrogens is 494 g/mol. The molecular formula is C31H41N3O5. The summed E-state index contributed by atoms with van der Waals surface area (Å²) in [4.78, 5) is 44.1. The first kappa shape index (κ1) is 30.0. The molecule has 8 heteroatoms. The second kappa shape index (κ2) is 14.0. The molecule has 210 valence electrons. The van der Waals surface area contributed by atoms with Crippen molar-refractivity contribution in [1.29, 1.82) is 0 Å². The zero-order valence-corrected chi connectivity index (χ0v) is 23.7. The molecule has 2 aliphatic rings. The van der Waals surface area contributed by atoms with Crippen molar-refractivity contribution in [2.75, 3.05) is 19.8 Å². The van der Waals surface area contributed by atoms with E-state index in [1.165, 1.54) is 16.0 Å². The van der Waals surface area contributed by atoms with Crippen LogP contribution in [0.5, 0.6) is 0 Å². The van der Waals surface area contributed by atoms with Crippen LogP contribution < -0.4 is 5.32 Å². The maximum atomic E-state index is 13.6. The Morgan fingerprint density at radius 2 is 2.03 bits per heavy atom. The molecule has 1 aliphatic heterocycles. The van der Waals surface area contributed by atoms with Crippen molar-refractivity contribution in [2.24, 2.45) is 4.99 Å². The summed E-state index contributed by atoms with van der Waals surface area (Å²) in [5.74, 6) is -0.427. The minimum atomic E-state index is -0.964. The average Bonchev–Trinajstić information content (AvgIpc) is 3.40. The normalized spacial score (nSPS) is 21.2. The highest BCUT2D eigenvalue weighted by Gasteiger charge is 2.46. The monoisotopic (exact) mass is 535 g/mol. The lowest BCUT2D eigenvalue weighted by Gasteiger charge is -2.34. The van der Waals surface area contributed by atoms with E-state index in [-0.39, 0.29) is 25.0 Å². The van der Waals surface area contributed by atoms with Crippen molar-refractivity contribution in [2.45, 2.75) is 77.6 Å². The van der Waals surface area contributed by atoms with E-state index in [4.69, 9.17) is 9.47 Å². The quantitative estimate of drug-likeness (QED) is 0.225. The van der Waals surface area contributed by atoms with Gasteiger partial charge in [0.15, 0.2) is 0 Å². The predicted octanol–water partition coefficient (Wildman–Crippen LogP) is 5.21. The van der Waals surface area contributed by atoms with Gasteiger partial charge in [-0.3, -0.25) is 9.79 Å². The van der Waals surface area contributed by atoms with Crippen LogP contribution in [0.25, 0.3) is 5.57 Å². The third-order valence-electron chi connectivity index (χ3n) is 7.16. The van der Waals surface area contributed by atoms with Crippen LogP contribution in [0.1, 0.15) is 70.9 Å². The number of ether oxygens (including phenoxy) is 2. The molecule has 3 atom stereocenters. The zero-order valence-electron chi connectivity index (χ0n) is 23.7. The molecule has 39 heavy (non-hydrogen) atoms. The predicted molar refractivity (Wildman–Crippen MR) is 154 cm³/mol. The van der Waals surface area contributed by atoms with Gasteiger partial charge >= 0.3 is 6.09 Å². The summed E-state index contributed by atoms with van der Waals surface area (Å²) in [6.07, 6.45) is 11.3. The maximum absolute atomic E-state index is 13.6. The second-order valence-corrected chi connectivity index (χ2v) is 10.1. The number of allylic oxidation sites excluding steroid dienone is 5. The highest BCUT2D eigenvalue weighted by Crippen LogP contribution is 2.44. The van der Waals surface area contributed by atoms with Gasteiger partial charge in [-0.2, -0.15) is 0 Å². The van der Waals surface area contributed by atoms with Crippen molar-refractivity contribution >= 4 is 30.1 Å². The van der Waals surface area contributed by atoms with Gasteiger partial charge in [0.1, 0.15) is 30.7 Å². The Balaban J connectivity index is 1.74. The number of aldehydes is 1.